The summed E-state index contributed by atoms with van der Waals surface area (Å²) in [4.78, 5) is 0. The highest BCUT2D eigenvalue weighted by Gasteiger charge is 2.13. The number of rotatable bonds is 8. The molecular formula is C17H24ClN3. The van der Waals surface area contributed by atoms with Gasteiger partial charge in [-0.2, -0.15) is 5.10 Å². The molecule has 1 N–H and O–H groups in total. The van der Waals surface area contributed by atoms with E-state index in [1.54, 1.807) is 0 Å². The van der Waals surface area contributed by atoms with Gasteiger partial charge in [-0.3, -0.25) is 4.68 Å². The van der Waals surface area contributed by atoms with Gasteiger partial charge in [-0.25, -0.2) is 0 Å². The minimum Gasteiger partial charge on any atom is -0.316 e. The quantitative estimate of drug-likeness (QED) is 0.750. The van der Waals surface area contributed by atoms with E-state index in [0.29, 0.717) is 5.92 Å². The van der Waals surface area contributed by atoms with Crippen molar-refractivity contribution in [3.8, 4) is 0 Å². The van der Waals surface area contributed by atoms with E-state index in [1.807, 2.05) is 23.0 Å². The molecule has 0 aliphatic rings. The number of benzene rings is 1. The van der Waals surface area contributed by atoms with E-state index < -0.39 is 0 Å². The molecule has 2 rings (SSSR count). The fourth-order valence-corrected chi connectivity index (χ4v) is 2.59. The molecule has 3 nitrogen and oxygen atoms in total. The third-order valence-corrected chi connectivity index (χ3v) is 3.90. The lowest BCUT2D eigenvalue weighted by molar-refractivity contribution is 0.576. The molecule has 0 radical (unpaired) electrons. The molecule has 0 saturated carbocycles. The number of hydrogen-bond acceptors (Lipinski definition) is 2. The molecule has 1 heterocycles. The van der Waals surface area contributed by atoms with Crippen molar-refractivity contribution in [2.75, 3.05) is 13.1 Å². The molecule has 0 bridgehead atoms. The molecule has 0 aliphatic carbocycles. The zero-order chi connectivity index (χ0) is 15.1. The van der Waals surface area contributed by atoms with Crippen molar-refractivity contribution in [2.24, 2.45) is 0 Å². The zero-order valence-corrected chi connectivity index (χ0v) is 13.6. The maximum absolute atomic E-state index is 6.00. The fraction of sp³-hybridized carbons (Fsp3) is 0.471. The summed E-state index contributed by atoms with van der Waals surface area (Å²) in [6.45, 7) is 7.25. The molecule has 114 valence electrons. The SMILES string of the molecule is CCCNCC(Cc1cnn(CC)c1)c1ccc(Cl)cc1. The Labute approximate surface area is 132 Å². The second kappa shape index (κ2) is 8.20. The van der Waals surface area contributed by atoms with Crippen LogP contribution in [0.4, 0.5) is 0 Å². The molecule has 1 aromatic carbocycles. The minimum atomic E-state index is 0.448. The molecule has 0 amide bonds. The van der Waals surface area contributed by atoms with E-state index in [2.05, 4.69) is 42.6 Å². The second-order valence-corrected chi connectivity index (χ2v) is 5.80. The van der Waals surface area contributed by atoms with Gasteiger partial charge in [-0.05, 0) is 49.6 Å². The van der Waals surface area contributed by atoms with E-state index in [9.17, 15) is 0 Å². The van der Waals surface area contributed by atoms with Crippen LogP contribution < -0.4 is 5.32 Å². The Bertz CT molecular complexity index is 533. The molecule has 0 spiro atoms. The number of hydrogen-bond donors (Lipinski definition) is 1. The summed E-state index contributed by atoms with van der Waals surface area (Å²) >= 11 is 6.00. The van der Waals surface area contributed by atoms with Crippen LogP contribution in [-0.4, -0.2) is 22.9 Å². The van der Waals surface area contributed by atoms with Gasteiger partial charge in [-0.15, -0.1) is 0 Å². The van der Waals surface area contributed by atoms with Gasteiger partial charge < -0.3 is 5.32 Å². The molecule has 1 unspecified atom stereocenters. The number of aryl methyl sites for hydroxylation is 1. The molecule has 2 aromatic rings. The normalized spacial score (nSPS) is 12.5. The first-order valence-corrected chi connectivity index (χ1v) is 8.08. The average Bonchev–Trinajstić information content (AvgIpc) is 2.95. The van der Waals surface area contributed by atoms with E-state index in [0.717, 1.165) is 37.5 Å². The summed E-state index contributed by atoms with van der Waals surface area (Å²) in [5.74, 6) is 0.448. The van der Waals surface area contributed by atoms with Gasteiger partial charge in [0.05, 0.1) is 6.20 Å². The lowest BCUT2D eigenvalue weighted by atomic mass is 9.93. The van der Waals surface area contributed by atoms with Gasteiger partial charge in [0.15, 0.2) is 0 Å². The van der Waals surface area contributed by atoms with Gasteiger partial charge in [0.1, 0.15) is 0 Å². The van der Waals surface area contributed by atoms with Crippen LogP contribution in [0.3, 0.4) is 0 Å². The van der Waals surface area contributed by atoms with Crippen molar-refractivity contribution in [3.63, 3.8) is 0 Å². The third kappa shape index (κ3) is 4.87. The smallest absolute Gasteiger partial charge is 0.0521 e. The number of nitrogens with one attached hydrogen (secondary N) is 1. The largest absolute Gasteiger partial charge is 0.316 e. The topological polar surface area (TPSA) is 29.9 Å². The summed E-state index contributed by atoms with van der Waals surface area (Å²) in [6, 6.07) is 8.20. The first-order valence-electron chi connectivity index (χ1n) is 7.70. The summed E-state index contributed by atoms with van der Waals surface area (Å²) in [5, 5.41) is 8.69. The number of aromatic nitrogens is 2. The standard InChI is InChI=1S/C17H24ClN3/c1-3-9-19-12-16(15-5-7-17(18)8-6-15)10-14-11-20-21(4-2)13-14/h5-8,11,13,16,19H,3-4,9-10,12H2,1-2H3. The Morgan fingerprint density at radius 2 is 2.00 bits per heavy atom. The van der Waals surface area contributed by atoms with Crippen LogP contribution in [0.2, 0.25) is 5.02 Å². The van der Waals surface area contributed by atoms with Crippen LogP contribution >= 0.6 is 11.6 Å². The van der Waals surface area contributed by atoms with Crippen molar-refractivity contribution in [2.45, 2.75) is 39.2 Å². The van der Waals surface area contributed by atoms with Gasteiger partial charge in [0.2, 0.25) is 0 Å². The van der Waals surface area contributed by atoms with Crippen LogP contribution in [0.25, 0.3) is 0 Å². The van der Waals surface area contributed by atoms with Gasteiger partial charge in [0.25, 0.3) is 0 Å². The summed E-state index contributed by atoms with van der Waals surface area (Å²) < 4.78 is 1.98. The molecule has 0 fully saturated rings. The van der Waals surface area contributed by atoms with E-state index in [4.69, 9.17) is 11.6 Å². The lowest BCUT2D eigenvalue weighted by Crippen LogP contribution is -2.23. The van der Waals surface area contributed by atoms with E-state index >= 15 is 0 Å². The molecule has 0 aliphatic heterocycles. The van der Waals surface area contributed by atoms with Crippen molar-refractivity contribution in [3.05, 3.63) is 52.8 Å². The Kier molecular flexibility index (Phi) is 6.27. The van der Waals surface area contributed by atoms with E-state index in [-0.39, 0.29) is 0 Å². The van der Waals surface area contributed by atoms with Crippen molar-refractivity contribution >= 4 is 11.6 Å². The molecule has 0 saturated heterocycles. The Morgan fingerprint density at radius 3 is 2.62 bits per heavy atom. The maximum Gasteiger partial charge on any atom is 0.0521 e. The van der Waals surface area contributed by atoms with Crippen molar-refractivity contribution in [1.82, 2.24) is 15.1 Å². The first-order chi connectivity index (χ1) is 10.2. The Morgan fingerprint density at radius 1 is 1.24 bits per heavy atom. The lowest BCUT2D eigenvalue weighted by Gasteiger charge is -2.17. The second-order valence-electron chi connectivity index (χ2n) is 5.36. The average molecular weight is 306 g/mol. The molecule has 4 heteroatoms. The highest BCUT2D eigenvalue weighted by Crippen LogP contribution is 2.22. The Hall–Kier alpha value is -1.32. The molecule has 1 atom stereocenters. The molecular weight excluding hydrogens is 282 g/mol. The summed E-state index contributed by atoms with van der Waals surface area (Å²) in [6.07, 6.45) is 6.27. The van der Waals surface area contributed by atoms with Crippen LogP contribution in [-0.2, 0) is 13.0 Å². The van der Waals surface area contributed by atoms with Crippen LogP contribution in [0, 0.1) is 0 Å². The predicted molar refractivity (Wildman–Crippen MR) is 89.0 cm³/mol. The van der Waals surface area contributed by atoms with Crippen LogP contribution in [0.5, 0.6) is 0 Å². The highest BCUT2D eigenvalue weighted by molar-refractivity contribution is 6.30. The number of nitrogens with zero attached hydrogens (tertiary/aromatic N) is 2. The highest BCUT2D eigenvalue weighted by atomic mass is 35.5. The monoisotopic (exact) mass is 305 g/mol. The maximum atomic E-state index is 6.00. The Balaban J connectivity index is 2.09. The summed E-state index contributed by atoms with van der Waals surface area (Å²) in [5.41, 5.74) is 2.61. The van der Waals surface area contributed by atoms with E-state index in [1.165, 1.54) is 11.1 Å². The minimum absolute atomic E-state index is 0.448. The van der Waals surface area contributed by atoms with Crippen LogP contribution in [0.1, 0.15) is 37.3 Å². The van der Waals surface area contributed by atoms with Gasteiger partial charge in [-0.1, -0.05) is 30.7 Å². The van der Waals surface area contributed by atoms with Gasteiger partial charge in [0, 0.05) is 30.2 Å². The fourth-order valence-electron chi connectivity index (χ4n) is 2.47. The third-order valence-electron chi connectivity index (χ3n) is 3.65. The summed E-state index contributed by atoms with van der Waals surface area (Å²) in [7, 11) is 0. The van der Waals surface area contributed by atoms with Crippen molar-refractivity contribution < 1.29 is 0 Å². The van der Waals surface area contributed by atoms with Crippen molar-refractivity contribution in [1.29, 1.82) is 0 Å². The molecule has 21 heavy (non-hydrogen) atoms. The predicted octanol–water partition coefficient (Wildman–Crippen LogP) is 3.88. The zero-order valence-electron chi connectivity index (χ0n) is 12.8. The molecule has 1 aromatic heterocycles. The van der Waals surface area contributed by atoms with Crippen LogP contribution in [0.15, 0.2) is 36.7 Å². The first kappa shape index (κ1) is 16.1. The van der Waals surface area contributed by atoms with Gasteiger partial charge >= 0.3 is 0 Å². The number of halogens is 1.